The van der Waals surface area contributed by atoms with Crippen molar-refractivity contribution in [3.63, 3.8) is 0 Å². The van der Waals surface area contributed by atoms with Gasteiger partial charge in [0.25, 0.3) is 0 Å². The highest BCUT2D eigenvalue weighted by Crippen LogP contribution is 2.11. The Labute approximate surface area is 94.8 Å². The molecular weight excluding hydrogens is 228 g/mol. The quantitative estimate of drug-likeness (QED) is 0.784. The Kier molecular flexibility index (Phi) is 3.83. The van der Waals surface area contributed by atoms with E-state index in [1.54, 1.807) is 18.2 Å². The van der Waals surface area contributed by atoms with Crippen LogP contribution in [0.25, 0.3) is 0 Å². The van der Waals surface area contributed by atoms with E-state index < -0.39 is 27.5 Å². The number of Topliss-reactive ketones (excluding diaryl/α,β-unsaturated/α-hetero) is 1. The van der Waals surface area contributed by atoms with Crippen molar-refractivity contribution in [2.75, 3.05) is 12.9 Å². The van der Waals surface area contributed by atoms with Gasteiger partial charge in [-0.1, -0.05) is 23.8 Å². The molecule has 4 nitrogen and oxygen atoms in total. The van der Waals surface area contributed by atoms with E-state index >= 15 is 0 Å². The fraction of sp³-hybridized carbons (Fsp3) is 0.364. The fourth-order valence-electron chi connectivity index (χ4n) is 1.40. The van der Waals surface area contributed by atoms with Crippen LogP contribution in [0.3, 0.4) is 0 Å². The summed E-state index contributed by atoms with van der Waals surface area (Å²) >= 11 is 0. The minimum Gasteiger partial charge on any atom is -0.395 e. The van der Waals surface area contributed by atoms with Crippen LogP contribution in [0.4, 0.5) is 0 Å². The van der Waals surface area contributed by atoms with Gasteiger partial charge in [-0.15, -0.1) is 0 Å². The molecule has 0 aliphatic rings. The molecule has 88 valence electrons. The van der Waals surface area contributed by atoms with Gasteiger partial charge < -0.3 is 5.11 Å². The number of carbonyl (C=O) groups excluding carboxylic acids is 1. The van der Waals surface area contributed by atoms with Crippen LogP contribution in [0.2, 0.25) is 0 Å². The molecule has 0 aliphatic carbocycles. The lowest BCUT2D eigenvalue weighted by Gasteiger charge is -2.11. The van der Waals surface area contributed by atoms with Crippen LogP contribution in [-0.4, -0.2) is 37.4 Å². The zero-order valence-corrected chi connectivity index (χ0v) is 9.99. The van der Waals surface area contributed by atoms with Gasteiger partial charge in [-0.3, -0.25) is 4.79 Å². The SMILES string of the molecule is Cc1cccc(C(=O)C(CO)S(C)(=O)=O)c1. The lowest BCUT2D eigenvalue weighted by molar-refractivity contribution is 0.0962. The van der Waals surface area contributed by atoms with Gasteiger partial charge in [-0.25, -0.2) is 8.42 Å². The molecule has 0 aromatic heterocycles. The second-order valence-corrected chi connectivity index (χ2v) is 5.96. The molecule has 0 spiro atoms. The molecule has 0 saturated carbocycles. The van der Waals surface area contributed by atoms with Gasteiger partial charge in [0, 0.05) is 11.8 Å². The maximum Gasteiger partial charge on any atom is 0.183 e. The van der Waals surface area contributed by atoms with Crippen LogP contribution in [0, 0.1) is 6.92 Å². The summed E-state index contributed by atoms with van der Waals surface area (Å²) in [5, 5.41) is 7.60. The predicted octanol–water partition coefficient (Wildman–Crippen LogP) is 0.583. The summed E-state index contributed by atoms with van der Waals surface area (Å²) in [6.07, 6.45) is 0.946. The standard InChI is InChI=1S/C11H14O4S/c1-8-4-3-5-9(6-8)11(13)10(7-12)16(2,14)15/h3-6,10,12H,7H2,1-2H3. The van der Waals surface area contributed by atoms with Crippen molar-refractivity contribution in [1.29, 1.82) is 0 Å². The van der Waals surface area contributed by atoms with E-state index in [-0.39, 0.29) is 0 Å². The van der Waals surface area contributed by atoms with Crippen LogP contribution in [-0.2, 0) is 9.84 Å². The third-order valence-electron chi connectivity index (χ3n) is 2.28. The number of hydrogen-bond donors (Lipinski definition) is 1. The third-order valence-corrected chi connectivity index (χ3v) is 3.67. The summed E-state index contributed by atoms with van der Waals surface area (Å²) in [5.74, 6) is -0.561. The van der Waals surface area contributed by atoms with E-state index in [2.05, 4.69) is 0 Å². The van der Waals surface area contributed by atoms with Crippen molar-refractivity contribution >= 4 is 15.6 Å². The molecule has 16 heavy (non-hydrogen) atoms. The van der Waals surface area contributed by atoms with Crippen molar-refractivity contribution in [1.82, 2.24) is 0 Å². The molecule has 1 rings (SSSR count). The predicted molar refractivity (Wildman–Crippen MR) is 61.2 cm³/mol. The average molecular weight is 242 g/mol. The highest BCUT2D eigenvalue weighted by atomic mass is 32.2. The minimum atomic E-state index is -3.57. The van der Waals surface area contributed by atoms with Crippen LogP contribution in [0.15, 0.2) is 24.3 Å². The summed E-state index contributed by atoms with van der Waals surface area (Å²) in [5.41, 5.74) is 1.18. The molecule has 1 aromatic rings. The van der Waals surface area contributed by atoms with E-state index in [0.717, 1.165) is 11.8 Å². The zero-order valence-electron chi connectivity index (χ0n) is 9.17. The van der Waals surface area contributed by atoms with Crippen molar-refractivity contribution in [3.05, 3.63) is 35.4 Å². The Morgan fingerprint density at radius 2 is 2.06 bits per heavy atom. The Morgan fingerprint density at radius 3 is 2.50 bits per heavy atom. The van der Waals surface area contributed by atoms with Crippen molar-refractivity contribution < 1.29 is 18.3 Å². The number of ketones is 1. The first-order chi connectivity index (χ1) is 7.36. The van der Waals surface area contributed by atoms with Gasteiger partial charge >= 0.3 is 0 Å². The summed E-state index contributed by atoms with van der Waals surface area (Å²) in [6, 6.07) is 6.64. The van der Waals surface area contributed by atoms with Crippen LogP contribution in [0.1, 0.15) is 15.9 Å². The maximum absolute atomic E-state index is 11.8. The number of hydrogen-bond acceptors (Lipinski definition) is 4. The second kappa shape index (κ2) is 4.76. The van der Waals surface area contributed by atoms with Gasteiger partial charge in [0.2, 0.25) is 0 Å². The highest BCUT2D eigenvalue weighted by molar-refractivity contribution is 7.92. The molecule has 5 heteroatoms. The molecule has 0 saturated heterocycles. The summed E-state index contributed by atoms with van der Waals surface area (Å²) in [6.45, 7) is 1.12. The average Bonchev–Trinajstić information content (AvgIpc) is 2.16. The number of benzene rings is 1. The highest BCUT2D eigenvalue weighted by Gasteiger charge is 2.28. The van der Waals surface area contributed by atoms with Crippen LogP contribution >= 0.6 is 0 Å². The van der Waals surface area contributed by atoms with Gasteiger partial charge in [-0.05, 0) is 13.0 Å². The summed E-state index contributed by atoms with van der Waals surface area (Å²) < 4.78 is 22.6. The van der Waals surface area contributed by atoms with E-state index in [1.165, 1.54) is 0 Å². The van der Waals surface area contributed by atoms with Crippen LogP contribution in [0.5, 0.6) is 0 Å². The first-order valence-electron chi connectivity index (χ1n) is 4.77. The summed E-state index contributed by atoms with van der Waals surface area (Å²) in [4.78, 5) is 11.8. The summed E-state index contributed by atoms with van der Waals surface area (Å²) in [7, 11) is -3.57. The molecule has 1 aromatic carbocycles. The molecule has 0 radical (unpaired) electrons. The maximum atomic E-state index is 11.8. The Balaban J connectivity index is 3.11. The molecule has 1 unspecified atom stereocenters. The smallest absolute Gasteiger partial charge is 0.183 e. The lowest BCUT2D eigenvalue weighted by Crippen LogP contribution is -2.33. The van der Waals surface area contributed by atoms with E-state index in [1.807, 2.05) is 13.0 Å². The van der Waals surface area contributed by atoms with Gasteiger partial charge in [0.05, 0.1) is 6.61 Å². The van der Waals surface area contributed by atoms with Crippen LogP contribution < -0.4 is 0 Å². The van der Waals surface area contributed by atoms with E-state index in [9.17, 15) is 13.2 Å². The molecule has 0 bridgehead atoms. The number of carbonyl (C=O) groups is 1. The molecule has 1 atom stereocenters. The Morgan fingerprint density at radius 1 is 1.44 bits per heavy atom. The normalized spacial score (nSPS) is 13.4. The van der Waals surface area contributed by atoms with Crippen molar-refractivity contribution in [3.8, 4) is 0 Å². The molecular formula is C11H14O4S. The molecule has 0 heterocycles. The molecule has 1 N–H and O–H groups in total. The second-order valence-electron chi connectivity index (χ2n) is 3.73. The van der Waals surface area contributed by atoms with E-state index in [4.69, 9.17) is 5.11 Å². The van der Waals surface area contributed by atoms with Gasteiger partial charge in [0.1, 0.15) is 5.25 Å². The lowest BCUT2D eigenvalue weighted by atomic mass is 10.1. The first-order valence-corrected chi connectivity index (χ1v) is 6.72. The van der Waals surface area contributed by atoms with E-state index in [0.29, 0.717) is 5.56 Å². The third kappa shape index (κ3) is 2.90. The number of aryl methyl sites for hydroxylation is 1. The minimum absolute atomic E-state index is 0.310. The Hall–Kier alpha value is -1.20. The molecule has 0 amide bonds. The number of aliphatic hydroxyl groups is 1. The zero-order chi connectivity index (χ0) is 12.3. The largest absolute Gasteiger partial charge is 0.395 e. The fourth-order valence-corrected chi connectivity index (χ4v) is 2.19. The first kappa shape index (κ1) is 12.9. The number of aliphatic hydroxyl groups excluding tert-OH is 1. The topological polar surface area (TPSA) is 71.4 Å². The Bertz CT molecular complexity index is 490. The molecule has 0 fully saturated rings. The molecule has 0 aliphatic heterocycles. The number of sulfone groups is 1. The monoisotopic (exact) mass is 242 g/mol. The van der Waals surface area contributed by atoms with Crippen molar-refractivity contribution in [2.24, 2.45) is 0 Å². The van der Waals surface area contributed by atoms with Crippen molar-refractivity contribution in [2.45, 2.75) is 12.2 Å². The van der Waals surface area contributed by atoms with Gasteiger partial charge in [0.15, 0.2) is 15.6 Å². The van der Waals surface area contributed by atoms with Gasteiger partial charge in [-0.2, -0.15) is 0 Å². The number of rotatable bonds is 4.